The summed E-state index contributed by atoms with van der Waals surface area (Å²) in [7, 11) is 0. The topological polar surface area (TPSA) is 83.8 Å². The molecule has 164 valence electrons. The minimum atomic E-state index is -0.961. The zero-order valence-electron chi connectivity index (χ0n) is 16.8. The van der Waals surface area contributed by atoms with Gasteiger partial charge >= 0.3 is 5.69 Å². The first-order valence-electron chi connectivity index (χ1n) is 10.1. The van der Waals surface area contributed by atoms with Crippen molar-refractivity contribution < 1.29 is 18.9 Å². The molecule has 10 heteroatoms. The summed E-state index contributed by atoms with van der Waals surface area (Å²) >= 11 is 3.29. The maximum Gasteiger partial charge on any atom is 0.306 e. The Morgan fingerprint density at radius 2 is 2.03 bits per heavy atom. The minimum Gasteiger partial charge on any atom is -0.330 e. The highest BCUT2D eigenvalue weighted by Crippen LogP contribution is 2.41. The molecule has 2 aliphatic rings. The fraction of sp³-hybridized carbons (Fsp3) is 0.273. The minimum absolute atomic E-state index is 0.0220. The monoisotopic (exact) mass is 471 g/mol. The van der Waals surface area contributed by atoms with Crippen LogP contribution >= 0.6 is 22.7 Å². The number of nitro groups is 1. The molecule has 32 heavy (non-hydrogen) atoms. The first-order valence-corrected chi connectivity index (χ1v) is 11.8. The van der Waals surface area contributed by atoms with Gasteiger partial charge in [-0.1, -0.05) is 6.07 Å². The molecule has 1 saturated heterocycles. The van der Waals surface area contributed by atoms with Crippen LogP contribution in [-0.4, -0.2) is 34.7 Å². The first kappa shape index (κ1) is 20.8. The predicted molar refractivity (Wildman–Crippen MR) is 119 cm³/mol. The van der Waals surface area contributed by atoms with E-state index in [0.29, 0.717) is 6.54 Å². The van der Waals surface area contributed by atoms with E-state index in [9.17, 15) is 24.1 Å². The Morgan fingerprint density at radius 3 is 2.78 bits per heavy atom. The third kappa shape index (κ3) is 3.49. The standard InChI is InChI=1S/C22H18FN3O4S2/c23-16-4-3-14(11-17(16)26(29)30)25-12-13(10-20(25)27)22(28)24-7-5-18-15(6-9-32-18)21(24)19-2-1-8-31-19/h1-4,6,8-9,11,13,21H,5,7,10,12H2. The fourth-order valence-electron chi connectivity index (χ4n) is 4.47. The summed E-state index contributed by atoms with van der Waals surface area (Å²) in [5.41, 5.74) is 0.670. The zero-order chi connectivity index (χ0) is 22.4. The number of thiophene rings is 2. The lowest BCUT2D eigenvalue weighted by atomic mass is 9.96. The third-order valence-corrected chi connectivity index (χ3v) is 7.90. The van der Waals surface area contributed by atoms with E-state index in [0.717, 1.165) is 29.0 Å². The number of fused-ring (bicyclic) bond motifs is 1. The van der Waals surface area contributed by atoms with E-state index >= 15 is 0 Å². The molecule has 0 spiro atoms. The lowest BCUT2D eigenvalue weighted by Crippen LogP contribution is -2.43. The maximum atomic E-state index is 13.7. The van der Waals surface area contributed by atoms with Gasteiger partial charge in [-0.05, 0) is 47.0 Å². The van der Waals surface area contributed by atoms with Crippen molar-refractivity contribution in [2.45, 2.75) is 18.9 Å². The maximum absolute atomic E-state index is 13.7. The van der Waals surface area contributed by atoms with Crippen LogP contribution < -0.4 is 4.90 Å². The Labute approximate surface area is 190 Å². The van der Waals surface area contributed by atoms with E-state index in [2.05, 4.69) is 6.07 Å². The van der Waals surface area contributed by atoms with Crippen molar-refractivity contribution in [3.8, 4) is 0 Å². The molecule has 1 fully saturated rings. The Hall–Kier alpha value is -3.11. The Morgan fingerprint density at radius 1 is 1.19 bits per heavy atom. The van der Waals surface area contributed by atoms with Gasteiger partial charge in [0.2, 0.25) is 17.6 Å². The lowest BCUT2D eigenvalue weighted by Gasteiger charge is -2.37. The van der Waals surface area contributed by atoms with E-state index in [-0.39, 0.29) is 36.5 Å². The van der Waals surface area contributed by atoms with E-state index in [4.69, 9.17) is 0 Å². The highest BCUT2D eigenvalue weighted by atomic mass is 32.1. The molecule has 7 nitrogen and oxygen atoms in total. The summed E-state index contributed by atoms with van der Waals surface area (Å²) < 4.78 is 13.7. The number of nitrogens with zero attached hydrogens (tertiary/aromatic N) is 3. The molecule has 2 atom stereocenters. The Bertz CT molecular complexity index is 1210. The van der Waals surface area contributed by atoms with Gasteiger partial charge in [0.05, 0.1) is 22.6 Å². The van der Waals surface area contributed by atoms with Gasteiger partial charge < -0.3 is 9.80 Å². The van der Waals surface area contributed by atoms with Crippen LogP contribution in [0.5, 0.6) is 0 Å². The van der Waals surface area contributed by atoms with Crippen LogP contribution in [0.1, 0.15) is 27.8 Å². The van der Waals surface area contributed by atoms with Gasteiger partial charge in [0.15, 0.2) is 0 Å². The van der Waals surface area contributed by atoms with Gasteiger partial charge in [-0.2, -0.15) is 4.39 Å². The van der Waals surface area contributed by atoms with Crippen molar-refractivity contribution in [1.29, 1.82) is 0 Å². The van der Waals surface area contributed by atoms with Crippen molar-refractivity contribution in [3.63, 3.8) is 0 Å². The number of anilines is 1. The van der Waals surface area contributed by atoms with E-state index in [1.54, 1.807) is 22.7 Å². The second-order valence-corrected chi connectivity index (χ2v) is 9.78. The number of rotatable bonds is 4. The third-order valence-electron chi connectivity index (χ3n) is 5.97. The smallest absolute Gasteiger partial charge is 0.306 e. The number of hydrogen-bond donors (Lipinski definition) is 0. The van der Waals surface area contributed by atoms with Crippen LogP contribution in [0.2, 0.25) is 0 Å². The van der Waals surface area contributed by atoms with E-state index < -0.39 is 22.3 Å². The van der Waals surface area contributed by atoms with Crippen molar-refractivity contribution >= 4 is 45.9 Å². The van der Waals surface area contributed by atoms with Gasteiger partial charge in [-0.3, -0.25) is 19.7 Å². The van der Waals surface area contributed by atoms with Crippen LogP contribution in [0.25, 0.3) is 0 Å². The Kier molecular flexibility index (Phi) is 5.26. The molecule has 0 aliphatic carbocycles. The molecule has 4 heterocycles. The highest BCUT2D eigenvalue weighted by molar-refractivity contribution is 7.10. The number of carbonyl (C=O) groups excluding carboxylic acids is 2. The van der Waals surface area contributed by atoms with Crippen LogP contribution in [0, 0.1) is 21.8 Å². The van der Waals surface area contributed by atoms with Gasteiger partial charge in [0.25, 0.3) is 0 Å². The average Bonchev–Trinajstić information content (AvgIpc) is 3.53. The quantitative estimate of drug-likeness (QED) is 0.418. The van der Waals surface area contributed by atoms with Crippen LogP contribution in [0.3, 0.4) is 0 Å². The number of benzene rings is 1. The average molecular weight is 472 g/mol. The normalized spacial score (nSPS) is 20.5. The molecule has 2 aliphatic heterocycles. The number of amides is 2. The summed E-state index contributed by atoms with van der Waals surface area (Å²) in [5.74, 6) is -1.93. The lowest BCUT2D eigenvalue weighted by molar-refractivity contribution is -0.387. The molecular weight excluding hydrogens is 453 g/mol. The summed E-state index contributed by atoms with van der Waals surface area (Å²) in [6.07, 6.45) is 0.795. The number of nitro benzene ring substituents is 1. The van der Waals surface area contributed by atoms with Crippen molar-refractivity contribution in [2.75, 3.05) is 18.0 Å². The second kappa shape index (κ2) is 8.10. The van der Waals surface area contributed by atoms with Gasteiger partial charge in [-0.25, -0.2) is 0 Å². The van der Waals surface area contributed by atoms with Crippen molar-refractivity contribution in [3.05, 3.63) is 78.4 Å². The largest absolute Gasteiger partial charge is 0.330 e. The summed E-state index contributed by atoms with van der Waals surface area (Å²) in [5, 5.41) is 15.1. The van der Waals surface area contributed by atoms with Gasteiger partial charge in [-0.15, -0.1) is 22.7 Å². The molecule has 3 aromatic rings. The summed E-state index contributed by atoms with van der Waals surface area (Å²) in [6.45, 7) is 0.687. The molecule has 2 aromatic heterocycles. The van der Waals surface area contributed by atoms with Crippen LogP contribution in [0.15, 0.2) is 47.2 Å². The van der Waals surface area contributed by atoms with Crippen LogP contribution in [-0.2, 0) is 16.0 Å². The number of halogens is 1. The number of carbonyl (C=O) groups is 2. The highest BCUT2D eigenvalue weighted by Gasteiger charge is 2.42. The van der Waals surface area contributed by atoms with Crippen molar-refractivity contribution in [2.24, 2.45) is 5.92 Å². The van der Waals surface area contributed by atoms with Gasteiger partial charge in [0.1, 0.15) is 0 Å². The molecule has 0 saturated carbocycles. The molecule has 1 aromatic carbocycles. The number of hydrogen-bond acceptors (Lipinski definition) is 6. The predicted octanol–water partition coefficient (Wildman–Crippen LogP) is 4.38. The fourth-order valence-corrected chi connectivity index (χ4v) is 6.23. The molecule has 2 amide bonds. The molecule has 0 radical (unpaired) electrons. The molecular formula is C22H18FN3O4S2. The van der Waals surface area contributed by atoms with Gasteiger partial charge in [0, 0.05) is 35.3 Å². The van der Waals surface area contributed by atoms with E-state index in [1.165, 1.54) is 15.8 Å². The zero-order valence-corrected chi connectivity index (χ0v) is 18.4. The summed E-state index contributed by atoms with van der Waals surface area (Å²) in [4.78, 5) is 42.1. The Balaban J connectivity index is 1.41. The first-order chi connectivity index (χ1) is 15.4. The molecule has 0 bridgehead atoms. The van der Waals surface area contributed by atoms with E-state index in [1.807, 2.05) is 27.8 Å². The molecule has 0 N–H and O–H groups in total. The SMILES string of the molecule is O=C1CC(C(=O)N2CCc3sccc3C2c2cccs2)CN1c1ccc(F)c([N+](=O)[O-])c1. The molecule has 2 unspecified atom stereocenters. The van der Waals surface area contributed by atoms with Crippen molar-refractivity contribution in [1.82, 2.24) is 4.90 Å². The second-order valence-electron chi connectivity index (χ2n) is 7.80. The van der Waals surface area contributed by atoms with Crippen LogP contribution in [0.4, 0.5) is 15.8 Å². The summed E-state index contributed by atoms with van der Waals surface area (Å²) in [6, 6.07) is 9.23. The molecule has 5 rings (SSSR count).